The van der Waals surface area contributed by atoms with Gasteiger partial charge in [-0.2, -0.15) is 0 Å². The van der Waals surface area contributed by atoms with Gasteiger partial charge in [0.05, 0.1) is 21.2 Å². The number of amides is 2. The van der Waals surface area contributed by atoms with Gasteiger partial charge in [-0.3, -0.25) is 9.52 Å². The highest BCUT2D eigenvalue weighted by Crippen LogP contribution is 2.35. The third-order valence-corrected chi connectivity index (χ3v) is 8.02. The number of nitrogens with one attached hydrogen (secondary N) is 3. The predicted octanol–water partition coefficient (Wildman–Crippen LogP) is 5.73. The van der Waals surface area contributed by atoms with Crippen LogP contribution in [0.15, 0.2) is 41.4 Å². The standard InChI is InChI=1S/C26H32ClN5O5S2/c1-15-21(38-23(30-15)31-20(33)14-29-24(34)37-26(5,6)7)16-12-19(22(27)28-13-16)32-39(35,36)18-10-8-17(9-11-18)25(2,3)4/h8-13,32H,14H2,1-7H3,(H,29,34)(H,30,31,33). The number of aromatic nitrogens is 2. The average Bonchev–Trinajstić information content (AvgIpc) is 3.17. The first-order valence-electron chi connectivity index (χ1n) is 12.0. The monoisotopic (exact) mass is 593 g/mol. The molecule has 210 valence electrons. The fraction of sp³-hybridized carbons (Fsp3) is 0.385. The summed E-state index contributed by atoms with van der Waals surface area (Å²) in [5.74, 6) is -0.485. The van der Waals surface area contributed by atoms with Crippen molar-refractivity contribution in [1.82, 2.24) is 15.3 Å². The zero-order valence-corrected chi connectivity index (χ0v) is 25.2. The van der Waals surface area contributed by atoms with Gasteiger partial charge in [0.2, 0.25) is 5.91 Å². The predicted molar refractivity (Wildman–Crippen MR) is 154 cm³/mol. The highest BCUT2D eigenvalue weighted by molar-refractivity contribution is 7.92. The number of hydrogen-bond donors (Lipinski definition) is 3. The summed E-state index contributed by atoms with van der Waals surface area (Å²) in [6, 6.07) is 8.23. The summed E-state index contributed by atoms with van der Waals surface area (Å²) in [5.41, 5.74) is 1.46. The maximum atomic E-state index is 13.0. The maximum Gasteiger partial charge on any atom is 0.408 e. The highest BCUT2D eigenvalue weighted by Gasteiger charge is 2.21. The lowest BCUT2D eigenvalue weighted by Crippen LogP contribution is -2.37. The number of pyridine rings is 1. The molecule has 2 aromatic heterocycles. The van der Waals surface area contributed by atoms with E-state index in [0.29, 0.717) is 21.3 Å². The minimum atomic E-state index is -3.93. The topological polar surface area (TPSA) is 139 Å². The number of ether oxygens (including phenoxy) is 1. The van der Waals surface area contributed by atoms with E-state index in [1.807, 2.05) is 20.8 Å². The van der Waals surface area contributed by atoms with E-state index in [1.165, 1.54) is 17.5 Å². The van der Waals surface area contributed by atoms with Crippen LogP contribution in [0.25, 0.3) is 10.4 Å². The van der Waals surface area contributed by atoms with Crippen molar-refractivity contribution < 1.29 is 22.7 Å². The molecule has 0 atom stereocenters. The van der Waals surface area contributed by atoms with Gasteiger partial charge in [-0.1, -0.05) is 55.8 Å². The van der Waals surface area contributed by atoms with Crippen molar-refractivity contribution in [2.75, 3.05) is 16.6 Å². The molecule has 10 nitrogen and oxygen atoms in total. The molecule has 0 fully saturated rings. The number of carbonyl (C=O) groups excluding carboxylic acids is 2. The molecule has 0 spiro atoms. The Hall–Kier alpha value is -3.22. The van der Waals surface area contributed by atoms with Crippen LogP contribution in [0.3, 0.4) is 0 Å². The van der Waals surface area contributed by atoms with Gasteiger partial charge in [-0.25, -0.2) is 23.2 Å². The van der Waals surface area contributed by atoms with Crippen LogP contribution in [-0.2, 0) is 25.0 Å². The smallest absolute Gasteiger partial charge is 0.408 e. The molecule has 2 amide bonds. The lowest BCUT2D eigenvalue weighted by atomic mass is 9.87. The number of sulfonamides is 1. The van der Waals surface area contributed by atoms with Crippen LogP contribution in [0, 0.1) is 6.92 Å². The number of thiazole rings is 1. The Labute approximate surface area is 237 Å². The zero-order chi connectivity index (χ0) is 29.2. The van der Waals surface area contributed by atoms with Crippen molar-refractivity contribution in [3.8, 4) is 10.4 Å². The molecule has 0 aliphatic carbocycles. The van der Waals surface area contributed by atoms with Crippen molar-refractivity contribution in [2.24, 2.45) is 0 Å². The molecule has 0 radical (unpaired) electrons. The van der Waals surface area contributed by atoms with Gasteiger partial charge in [-0.15, -0.1) is 0 Å². The quantitative estimate of drug-likeness (QED) is 0.297. The van der Waals surface area contributed by atoms with Crippen LogP contribution in [-0.4, -0.2) is 42.5 Å². The Kier molecular flexibility index (Phi) is 8.93. The molecule has 3 N–H and O–H groups in total. The van der Waals surface area contributed by atoms with E-state index in [1.54, 1.807) is 58.0 Å². The minimum Gasteiger partial charge on any atom is -0.444 e. The SMILES string of the molecule is Cc1nc(NC(=O)CNC(=O)OC(C)(C)C)sc1-c1cnc(Cl)c(NS(=O)(=O)c2ccc(C(C)(C)C)cc2)c1. The number of rotatable bonds is 7. The Morgan fingerprint density at radius 1 is 1.08 bits per heavy atom. The van der Waals surface area contributed by atoms with Gasteiger partial charge < -0.3 is 15.4 Å². The average molecular weight is 594 g/mol. The van der Waals surface area contributed by atoms with Crippen molar-refractivity contribution >= 4 is 55.8 Å². The van der Waals surface area contributed by atoms with Crippen molar-refractivity contribution in [3.63, 3.8) is 0 Å². The molecule has 0 bridgehead atoms. The molecule has 0 aliphatic rings. The Morgan fingerprint density at radius 2 is 1.72 bits per heavy atom. The molecule has 2 heterocycles. The second-order valence-corrected chi connectivity index (χ2v) is 13.8. The summed E-state index contributed by atoms with van der Waals surface area (Å²) in [5, 5.41) is 5.30. The van der Waals surface area contributed by atoms with Gasteiger partial charge in [0, 0.05) is 11.8 Å². The number of benzene rings is 1. The third kappa shape index (κ3) is 8.38. The highest BCUT2D eigenvalue weighted by atomic mass is 35.5. The molecule has 13 heteroatoms. The number of halogens is 1. The first-order valence-corrected chi connectivity index (χ1v) is 14.7. The van der Waals surface area contributed by atoms with E-state index in [0.717, 1.165) is 5.56 Å². The molecule has 3 aromatic rings. The maximum absolute atomic E-state index is 13.0. The van der Waals surface area contributed by atoms with Gasteiger partial charge in [-0.05, 0) is 56.9 Å². The summed E-state index contributed by atoms with van der Waals surface area (Å²) in [6.45, 7) is 12.8. The second kappa shape index (κ2) is 11.5. The van der Waals surface area contributed by atoms with Gasteiger partial charge in [0.25, 0.3) is 10.0 Å². The van der Waals surface area contributed by atoms with Crippen LogP contribution < -0.4 is 15.4 Å². The summed E-state index contributed by atoms with van der Waals surface area (Å²) < 4.78 is 33.7. The second-order valence-electron chi connectivity index (χ2n) is 10.8. The van der Waals surface area contributed by atoms with Gasteiger partial charge in [0.15, 0.2) is 10.3 Å². The van der Waals surface area contributed by atoms with E-state index in [-0.39, 0.29) is 27.7 Å². The molecule has 0 saturated heterocycles. The fourth-order valence-corrected chi connectivity index (χ4v) is 5.56. The number of anilines is 2. The van der Waals surface area contributed by atoms with Crippen molar-refractivity contribution in [1.29, 1.82) is 0 Å². The normalized spacial score (nSPS) is 12.1. The third-order valence-electron chi connectivity index (χ3n) is 5.21. The number of alkyl carbamates (subject to hydrolysis) is 1. The van der Waals surface area contributed by atoms with E-state index in [9.17, 15) is 18.0 Å². The summed E-state index contributed by atoms with van der Waals surface area (Å²) >= 11 is 7.40. The number of nitrogens with zero attached hydrogens (tertiary/aromatic N) is 2. The Morgan fingerprint density at radius 3 is 2.31 bits per heavy atom. The number of hydrogen-bond acceptors (Lipinski definition) is 8. The molecule has 0 saturated carbocycles. The zero-order valence-electron chi connectivity index (χ0n) is 22.8. The summed E-state index contributed by atoms with van der Waals surface area (Å²) in [6.07, 6.45) is 0.787. The molecular weight excluding hydrogens is 562 g/mol. The van der Waals surface area contributed by atoms with E-state index >= 15 is 0 Å². The molecule has 1 aromatic carbocycles. The molecule has 39 heavy (non-hydrogen) atoms. The van der Waals surface area contributed by atoms with Crippen LogP contribution in [0.2, 0.25) is 5.15 Å². The Bertz CT molecular complexity index is 1470. The molecule has 0 unspecified atom stereocenters. The van der Waals surface area contributed by atoms with Gasteiger partial charge in [0.1, 0.15) is 12.1 Å². The van der Waals surface area contributed by atoms with Crippen LogP contribution >= 0.6 is 22.9 Å². The van der Waals surface area contributed by atoms with Crippen molar-refractivity contribution in [2.45, 2.75) is 64.4 Å². The minimum absolute atomic E-state index is 0.0162. The van der Waals surface area contributed by atoms with E-state index < -0.39 is 27.6 Å². The summed E-state index contributed by atoms with van der Waals surface area (Å²) in [7, 11) is -3.93. The van der Waals surface area contributed by atoms with Crippen LogP contribution in [0.4, 0.5) is 15.6 Å². The van der Waals surface area contributed by atoms with E-state index in [2.05, 4.69) is 25.3 Å². The number of carbonyl (C=O) groups is 2. The van der Waals surface area contributed by atoms with Gasteiger partial charge >= 0.3 is 6.09 Å². The first-order chi connectivity index (χ1) is 17.9. The largest absolute Gasteiger partial charge is 0.444 e. The molecular formula is C26H32ClN5O5S2. The fourth-order valence-electron chi connectivity index (χ4n) is 3.33. The lowest BCUT2D eigenvalue weighted by Gasteiger charge is -2.19. The first kappa shape index (κ1) is 30.3. The lowest BCUT2D eigenvalue weighted by molar-refractivity contribution is -0.115. The molecule has 3 rings (SSSR count). The summed E-state index contributed by atoms with van der Waals surface area (Å²) in [4.78, 5) is 33.3. The van der Waals surface area contributed by atoms with Crippen LogP contribution in [0.1, 0.15) is 52.8 Å². The molecule has 0 aliphatic heterocycles. The van der Waals surface area contributed by atoms with E-state index in [4.69, 9.17) is 16.3 Å². The van der Waals surface area contributed by atoms with Crippen LogP contribution in [0.5, 0.6) is 0 Å². The Balaban J connectivity index is 1.75. The van der Waals surface area contributed by atoms with Crippen molar-refractivity contribution in [3.05, 3.63) is 52.9 Å². The number of aryl methyl sites for hydroxylation is 1.